The van der Waals surface area contributed by atoms with Gasteiger partial charge >= 0.3 is 0 Å². The van der Waals surface area contributed by atoms with Crippen LogP contribution in [0.2, 0.25) is 5.02 Å². The number of hydrogen-bond acceptors (Lipinski definition) is 2. The van der Waals surface area contributed by atoms with Crippen molar-refractivity contribution < 1.29 is 4.52 Å². The van der Waals surface area contributed by atoms with Crippen molar-refractivity contribution in [3.63, 3.8) is 0 Å². The van der Waals surface area contributed by atoms with E-state index in [4.69, 9.17) is 16.1 Å². The van der Waals surface area contributed by atoms with Gasteiger partial charge in [-0.3, -0.25) is 0 Å². The fourth-order valence-electron chi connectivity index (χ4n) is 1.71. The van der Waals surface area contributed by atoms with E-state index in [0.717, 1.165) is 22.2 Å². The Morgan fingerprint density at radius 1 is 1.00 bits per heavy atom. The molecule has 2 aromatic carbocycles. The van der Waals surface area contributed by atoms with Crippen LogP contribution in [0.15, 0.2) is 53.1 Å². The van der Waals surface area contributed by atoms with Crippen LogP contribution in [-0.2, 0) is 0 Å². The van der Waals surface area contributed by atoms with Gasteiger partial charge in [0.15, 0.2) is 5.76 Å². The minimum absolute atomic E-state index is 0.667. The first kappa shape index (κ1) is 9.43. The molecule has 1 aromatic heterocycles. The summed E-state index contributed by atoms with van der Waals surface area (Å²) in [4.78, 5) is 0. The van der Waals surface area contributed by atoms with E-state index >= 15 is 0 Å². The molecule has 0 aliphatic rings. The summed E-state index contributed by atoms with van der Waals surface area (Å²) in [6, 6.07) is 15.5. The van der Waals surface area contributed by atoms with Crippen LogP contribution in [0.1, 0.15) is 0 Å². The summed E-state index contributed by atoms with van der Waals surface area (Å²) in [6.45, 7) is 0. The molecule has 0 bridgehead atoms. The average Bonchev–Trinajstić information content (AvgIpc) is 2.73. The number of rotatable bonds is 1. The van der Waals surface area contributed by atoms with E-state index in [9.17, 15) is 0 Å². The van der Waals surface area contributed by atoms with Gasteiger partial charge < -0.3 is 4.52 Å². The largest absolute Gasteiger partial charge is 0.355 e. The lowest BCUT2D eigenvalue weighted by Gasteiger charge is -1.95. The Morgan fingerprint density at radius 3 is 2.62 bits per heavy atom. The first-order chi connectivity index (χ1) is 7.84. The van der Waals surface area contributed by atoms with E-state index in [1.807, 2.05) is 42.5 Å². The van der Waals surface area contributed by atoms with E-state index in [2.05, 4.69) is 5.16 Å². The van der Waals surface area contributed by atoms with Gasteiger partial charge in [0.2, 0.25) is 0 Å². The number of aromatic nitrogens is 1. The molecule has 0 unspecified atom stereocenters. The topological polar surface area (TPSA) is 26.0 Å². The van der Waals surface area contributed by atoms with Crippen molar-refractivity contribution >= 4 is 22.5 Å². The molecule has 1 heterocycles. The van der Waals surface area contributed by atoms with Gasteiger partial charge in [-0.25, -0.2) is 0 Å². The van der Waals surface area contributed by atoms with Gasteiger partial charge in [-0.15, -0.1) is 0 Å². The lowest BCUT2D eigenvalue weighted by Crippen LogP contribution is -1.73. The number of halogens is 1. The van der Waals surface area contributed by atoms with Gasteiger partial charge in [-0.1, -0.05) is 47.1 Å². The van der Waals surface area contributed by atoms with Gasteiger partial charge in [0.1, 0.15) is 5.52 Å². The van der Waals surface area contributed by atoms with Crippen LogP contribution in [0.25, 0.3) is 22.2 Å². The summed E-state index contributed by atoms with van der Waals surface area (Å²) in [5.74, 6) is 0.785. The maximum Gasteiger partial charge on any atom is 0.174 e. The van der Waals surface area contributed by atoms with Crippen molar-refractivity contribution in [3.05, 3.63) is 53.6 Å². The van der Waals surface area contributed by atoms with Crippen LogP contribution in [-0.4, -0.2) is 5.16 Å². The fraction of sp³-hybridized carbons (Fsp3) is 0. The second-order valence-corrected chi connectivity index (χ2v) is 3.98. The second-order valence-electron chi connectivity index (χ2n) is 3.54. The smallest absolute Gasteiger partial charge is 0.174 e. The van der Waals surface area contributed by atoms with E-state index in [-0.39, 0.29) is 0 Å². The van der Waals surface area contributed by atoms with Crippen LogP contribution in [0.4, 0.5) is 0 Å². The first-order valence-corrected chi connectivity index (χ1v) is 5.33. The molecule has 3 rings (SSSR count). The molecule has 0 fully saturated rings. The second kappa shape index (κ2) is 3.65. The average molecular weight is 230 g/mol. The van der Waals surface area contributed by atoms with Crippen LogP contribution in [0.5, 0.6) is 0 Å². The summed E-state index contributed by atoms with van der Waals surface area (Å²) >= 11 is 5.89. The lowest BCUT2D eigenvalue weighted by atomic mass is 10.1. The molecule has 0 aliphatic heterocycles. The quantitative estimate of drug-likeness (QED) is 0.627. The SMILES string of the molecule is Clc1ccc2c(-c3ccccc3)onc2c1. The molecule has 78 valence electrons. The van der Waals surface area contributed by atoms with Gasteiger partial charge in [-0.2, -0.15) is 0 Å². The molecule has 0 saturated heterocycles. The number of benzene rings is 2. The molecular formula is C13H8ClNO. The van der Waals surface area contributed by atoms with Crippen molar-refractivity contribution in [1.29, 1.82) is 0 Å². The van der Waals surface area contributed by atoms with Gasteiger partial charge in [0.05, 0.1) is 0 Å². The van der Waals surface area contributed by atoms with Crippen LogP contribution >= 0.6 is 11.6 Å². The van der Waals surface area contributed by atoms with Gasteiger partial charge in [0, 0.05) is 16.0 Å². The summed E-state index contributed by atoms with van der Waals surface area (Å²) in [6.07, 6.45) is 0. The third kappa shape index (κ3) is 1.48. The van der Waals surface area contributed by atoms with Gasteiger partial charge in [0.25, 0.3) is 0 Å². The molecule has 3 heteroatoms. The molecule has 0 atom stereocenters. The third-order valence-corrected chi connectivity index (χ3v) is 2.71. The molecule has 0 N–H and O–H groups in total. The molecule has 0 radical (unpaired) electrons. The molecule has 3 aromatic rings. The minimum atomic E-state index is 0.667. The minimum Gasteiger partial charge on any atom is -0.355 e. The van der Waals surface area contributed by atoms with Crippen LogP contribution < -0.4 is 0 Å². The standard InChI is InChI=1S/C13H8ClNO/c14-10-6-7-11-12(8-10)15-16-13(11)9-4-2-1-3-5-9/h1-8H. The maximum atomic E-state index is 5.89. The van der Waals surface area contributed by atoms with E-state index in [1.165, 1.54) is 0 Å². The highest BCUT2D eigenvalue weighted by Crippen LogP contribution is 2.29. The zero-order valence-corrected chi connectivity index (χ0v) is 9.11. The van der Waals surface area contributed by atoms with Gasteiger partial charge in [-0.05, 0) is 18.2 Å². The van der Waals surface area contributed by atoms with Crippen molar-refractivity contribution in [1.82, 2.24) is 5.16 Å². The number of hydrogen-bond donors (Lipinski definition) is 0. The third-order valence-electron chi connectivity index (χ3n) is 2.48. The first-order valence-electron chi connectivity index (χ1n) is 4.95. The van der Waals surface area contributed by atoms with Crippen LogP contribution in [0, 0.1) is 0 Å². The highest BCUT2D eigenvalue weighted by atomic mass is 35.5. The number of fused-ring (bicyclic) bond motifs is 1. The van der Waals surface area contributed by atoms with Crippen molar-refractivity contribution in [2.45, 2.75) is 0 Å². The summed E-state index contributed by atoms with van der Waals surface area (Å²) < 4.78 is 5.35. The maximum absolute atomic E-state index is 5.89. The zero-order chi connectivity index (χ0) is 11.0. The highest BCUT2D eigenvalue weighted by Gasteiger charge is 2.09. The Kier molecular flexibility index (Phi) is 2.15. The molecule has 0 aliphatic carbocycles. The normalized spacial score (nSPS) is 10.8. The van der Waals surface area contributed by atoms with E-state index in [0.29, 0.717) is 5.02 Å². The predicted molar refractivity (Wildman–Crippen MR) is 64.5 cm³/mol. The summed E-state index contributed by atoms with van der Waals surface area (Å²) in [7, 11) is 0. The molecule has 0 saturated carbocycles. The summed E-state index contributed by atoms with van der Waals surface area (Å²) in [5.41, 5.74) is 1.80. The van der Waals surface area contributed by atoms with E-state index in [1.54, 1.807) is 6.07 Å². The fourth-order valence-corrected chi connectivity index (χ4v) is 1.88. The van der Waals surface area contributed by atoms with Crippen LogP contribution in [0.3, 0.4) is 0 Å². The predicted octanol–water partition coefficient (Wildman–Crippen LogP) is 4.15. The molecule has 0 amide bonds. The summed E-state index contributed by atoms with van der Waals surface area (Å²) in [5, 5.41) is 5.65. The Labute approximate surface area is 97.4 Å². The Morgan fingerprint density at radius 2 is 1.81 bits per heavy atom. The molecule has 2 nitrogen and oxygen atoms in total. The molecular weight excluding hydrogens is 222 g/mol. The highest BCUT2D eigenvalue weighted by molar-refractivity contribution is 6.31. The van der Waals surface area contributed by atoms with Crippen molar-refractivity contribution in [2.75, 3.05) is 0 Å². The van der Waals surface area contributed by atoms with Crippen molar-refractivity contribution in [3.8, 4) is 11.3 Å². The zero-order valence-electron chi connectivity index (χ0n) is 8.35. The molecule has 0 spiro atoms. The Balaban J connectivity index is 2.26. The number of nitrogens with zero attached hydrogens (tertiary/aromatic N) is 1. The van der Waals surface area contributed by atoms with E-state index < -0.39 is 0 Å². The molecule has 16 heavy (non-hydrogen) atoms. The monoisotopic (exact) mass is 229 g/mol. The van der Waals surface area contributed by atoms with Crippen molar-refractivity contribution in [2.24, 2.45) is 0 Å². The Hall–Kier alpha value is -1.80. The Bertz CT molecular complexity index is 631. The lowest BCUT2D eigenvalue weighted by molar-refractivity contribution is 0.441.